The van der Waals surface area contributed by atoms with Crippen molar-refractivity contribution >= 4 is 17.4 Å². The fourth-order valence-corrected chi connectivity index (χ4v) is 3.63. The molecule has 1 aromatic heterocycles. The Labute approximate surface area is 132 Å². The van der Waals surface area contributed by atoms with Crippen molar-refractivity contribution in [3.05, 3.63) is 41.3 Å². The van der Waals surface area contributed by atoms with Crippen LogP contribution < -0.4 is 10.6 Å². The first kappa shape index (κ1) is 13.9. The summed E-state index contributed by atoms with van der Waals surface area (Å²) in [6.45, 7) is 2.37. The van der Waals surface area contributed by atoms with Crippen molar-refractivity contribution < 1.29 is 9.53 Å². The van der Waals surface area contributed by atoms with E-state index >= 15 is 0 Å². The van der Waals surface area contributed by atoms with Gasteiger partial charge < -0.3 is 15.4 Å². The molecule has 1 atom stereocenters. The van der Waals surface area contributed by atoms with E-state index in [9.17, 15) is 4.79 Å². The molecule has 0 aliphatic carbocycles. The van der Waals surface area contributed by atoms with Gasteiger partial charge in [0.05, 0.1) is 23.9 Å². The Hall–Kier alpha value is -1.76. The normalized spacial score (nSPS) is 22.5. The molecule has 1 aromatic carbocycles. The second kappa shape index (κ2) is 5.46. The van der Waals surface area contributed by atoms with Crippen LogP contribution in [0.15, 0.2) is 36.4 Å². The number of amides is 1. The van der Waals surface area contributed by atoms with Crippen LogP contribution in [-0.4, -0.2) is 41.6 Å². The van der Waals surface area contributed by atoms with Crippen molar-refractivity contribution in [1.29, 1.82) is 0 Å². The monoisotopic (exact) mass is 315 g/mol. The largest absolute Gasteiger partial charge is 0.370 e. The van der Waals surface area contributed by atoms with Gasteiger partial charge in [0, 0.05) is 25.1 Å². The number of hydrogen-bond donors (Lipinski definition) is 2. The van der Waals surface area contributed by atoms with E-state index in [0.29, 0.717) is 11.5 Å². The molecule has 114 valence electrons. The van der Waals surface area contributed by atoms with Gasteiger partial charge in [-0.3, -0.25) is 4.79 Å². The van der Waals surface area contributed by atoms with Crippen LogP contribution in [0.3, 0.4) is 0 Å². The lowest BCUT2D eigenvalue weighted by Crippen LogP contribution is -2.59. The van der Waals surface area contributed by atoms with Gasteiger partial charge >= 0.3 is 0 Å². The van der Waals surface area contributed by atoms with Gasteiger partial charge in [-0.1, -0.05) is 30.3 Å². The third-order valence-corrected chi connectivity index (χ3v) is 5.03. The molecule has 1 amide bonds. The minimum atomic E-state index is -0.0578. The van der Waals surface area contributed by atoms with Crippen molar-refractivity contribution in [1.82, 2.24) is 15.0 Å². The highest BCUT2D eigenvalue weighted by Gasteiger charge is 2.45. The number of aromatic nitrogens is 1. The highest BCUT2D eigenvalue weighted by molar-refractivity contribution is 7.08. The Morgan fingerprint density at radius 2 is 2.18 bits per heavy atom. The number of ether oxygens (including phenoxy) is 1. The molecule has 0 bridgehead atoms. The Kier molecular flexibility index (Phi) is 3.44. The average molecular weight is 315 g/mol. The van der Waals surface area contributed by atoms with Crippen LogP contribution >= 0.6 is 11.5 Å². The van der Waals surface area contributed by atoms with E-state index < -0.39 is 0 Å². The van der Waals surface area contributed by atoms with Crippen LogP contribution in [0.4, 0.5) is 0 Å². The van der Waals surface area contributed by atoms with Crippen LogP contribution in [0.1, 0.15) is 16.1 Å². The second-order valence-corrected chi connectivity index (χ2v) is 6.72. The average Bonchev–Trinajstić information content (AvgIpc) is 3.15. The summed E-state index contributed by atoms with van der Waals surface area (Å²) in [5.74, 6) is -0.0578. The summed E-state index contributed by atoms with van der Waals surface area (Å²) in [5.41, 5.74) is 1.83. The van der Waals surface area contributed by atoms with E-state index in [1.807, 2.05) is 36.4 Å². The van der Waals surface area contributed by atoms with Gasteiger partial charge in [0.15, 0.2) is 0 Å². The van der Waals surface area contributed by atoms with Crippen LogP contribution in [-0.2, 0) is 4.74 Å². The van der Waals surface area contributed by atoms with Gasteiger partial charge in [-0.15, -0.1) is 0 Å². The van der Waals surface area contributed by atoms with Crippen LogP contribution in [0.2, 0.25) is 0 Å². The molecule has 1 unspecified atom stereocenters. The molecule has 0 saturated carbocycles. The molecule has 2 aromatic rings. The molecule has 1 spiro atoms. The van der Waals surface area contributed by atoms with E-state index in [1.54, 1.807) is 0 Å². The predicted molar refractivity (Wildman–Crippen MR) is 85.0 cm³/mol. The SMILES string of the molecule is O=C(NC1COC2(CNC2)C1)c1cc(-c2ccccc2)ns1. The number of rotatable bonds is 3. The third-order valence-electron chi connectivity index (χ3n) is 4.24. The first-order valence-electron chi connectivity index (χ1n) is 7.42. The molecule has 2 aliphatic rings. The minimum absolute atomic E-state index is 0.0408. The molecule has 4 rings (SSSR count). The maximum Gasteiger partial charge on any atom is 0.263 e. The van der Waals surface area contributed by atoms with E-state index in [4.69, 9.17) is 4.74 Å². The van der Waals surface area contributed by atoms with Crippen LogP contribution in [0.5, 0.6) is 0 Å². The summed E-state index contributed by atoms with van der Waals surface area (Å²) in [4.78, 5) is 13.0. The molecule has 0 radical (unpaired) electrons. The first-order chi connectivity index (χ1) is 10.7. The zero-order chi connectivity index (χ0) is 15.0. The van der Waals surface area contributed by atoms with Crippen molar-refractivity contribution in [2.45, 2.75) is 18.1 Å². The number of nitrogens with zero attached hydrogens (tertiary/aromatic N) is 1. The zero-order valence-electron chi connectivity index (χ0n) is 12.0. The van der Waals surface area contributed by atoms with Crippen molar-refractivity contribution in [2.75, 3.05) is 19.7 Å². The maximum absolute atomic E-state index is 12.4. The highest BCUT2D eigenvalue weighted by atomic mass is 32.1. The summed E-state index contributed by atoms with van der Waals surface area (Å²) in [5, 5.41) is 6.29. The number of nitrogens with one attached hydrogen (secondary N) is 2. The fourth-order valence-electron chi connectivity index (χ4n) is 2.97. The molecule has 6 heteroatoms. The van der Waals surface area contributed by atoms with E-state index in [2.05, 4.69) is 15.0 Å². The highest BCUT2D eigenvalue weighted by Crippen LogP contribution is 2.30. The quantitative estimate of drug-likeness (QED) is 0.904. The third kappa shape index (κ3) is 2.54. The van der Waals surface area contributed by atoms with E-state index in [-0.39, 0.29) is 17.6 Å². The lowest BCUT2D eigenvalue weighted by atomic mass is 9.92. The van der Waals surface area contributed by atoms with Gasteiger partial charge in [0.2, 0.25) is 0 Å². The molecule has 5 nitrogen and oxygen atoms in total. The Bertz CT molecular complexity index is 682. The van der Waals surface area contributed by atoms with Gasteiger partial charge in [0.1, 0.15) is 4.88 Å². The van der Waals surface area contributed by atoms with Crippen molar-refractivity contribution in [3.8, 4) is 11.3 Å². The predicted octanol–water partition coefficient (Wildman–Crippen LogP) is 1.67. The van der Waals surface area contributed by atoms with Gasteiger partial charge in [-0.05, 0) is 17.6 Å². The van der Waals surface area contributed by atoms with Gasteiger partial charge in [-0.25, -0.2) is 0 Å². The lowest BCUT2D eigenvalue weighted by Gasteiger charge is -2.38. The van der Waals surface area contributed by atoms with Crippen LogP contribution in [0.25, 0.3) is 11.3 Å². The fraction of sp³-hybridized carbons (Fsp3) is 0.375. The number of carbonyl (C=O) groups is 1. The molecule has 3 heterocycles. The Morgan fingerprint density at radius 3 is 2.86 bits per heavy atom. The topological polar surface area (TPSA) is 63.2 Å². The molecule has 2 N–H and O–H groups in total. The zero-order valence-corrected chi connectivity index (χ0v) is 12.9. The molecule has 22 heavy (non-hydrogen) atoms. The summed E-state index contributed by atoms with van der Waals surface area (Å²) in [7, 11) is 0. The summed E-state index contributed by atoms with van der Waals surface area (Å²) in [6.07, 6.45) is 0.885. The molecule has 2 fully saturated rings. The van der Waals surface area contributed by atoms with Crippen LogP contribution in [0, 0.1) is 0 Å². The standard InChI is InChI=1S/C16H17N3O2S/c20-15(18-12-7-16(21-8-12)9-17-10-16)14-6-13(19-22-14)11-4-2-1-3-5-11/h1-6,12,17H,7-10H2,(H,18,20). The van der Waals surface area contributed by atoms with Gasteiger partial charge in [0.25, 0.3) is 5.91 Å². The molecule has 2 aliphatic heterocycles. The Morgan fingerprint density at radius 1 is 1.36 bits per heavy atom. The molecular weight excluding hydrogens is 298 g/mol. The van der Waals surface area contributed by atoms with Gasteiger partial charge in [-0.2, -0.15) is 4.37 Å². The van der Waals surface area contributed by atoms with E-state index in [1.165, 1.54) is 11.5 Å². The molecule has 2 saturated heterocycles. The summed E-state index contributed by atoms with van der Waals surface area (Å²) >= 11 is 1.24. The van der Waals surface area contributed by atoms with E-state index in [0.717, 1.165) is 30.8 Å². The number of hydrogen-bond acceptors (Lipinski definition) is 5. The summed E-state index contributed by atoms with van der Waals surface area (Å²) < 4.78 is 10.2. The smallest absolute Gasteiger partial charge is 0.263 e. The molecular formula is C16H17N3O2S. The first-order valence-corrected chi connectivity index (χ1v) is 8.19. The lowest BCUT2D eigenvalue weighted by molar-refractivity contribution is -0.0360. The second-order valence-electron chi connectivity index (χ2n) is 5.91. The summed E-state index contributed by atoms with van der Waals surface area (Å²) in [6, 6.07) is 11.8. The Balaban J connectivity index is 1.42. The maximum atomic E-state index is 12.4. The minimum Gasteiger partial charge on any atom is -0.370 e. The van der Waals surface area contributed by atoms with Crippen molar-refractivity contribution in [3.63, 3.8) is 0 Å². The number of carbonyl (C=O) groups excluding carboxylic acids is 1. The number of benzene rings is 1. The van der Waals surface area contributed by atoms with Crippen molar-refractivity contribution in [2.24, 2.45) is 0 Å².